The minimum absolute atomic E-state index is 0. The van der Waals surface area contributed by atoms with E-state index in [0.717, 1.165) is 31.9 Å². The summed E-state index contributed by atoms with van der Waals surface area (Å²) in [6.07, 6.45) is 10.8. The lowest BCUT2D eigenvalue weighted by atomic mass is 10.0. The maximum absolute atomic E-state index is 4.35. The monoisotopic (exact) mass is 463 g/mol. The van der Waals surface area contributed by atoms with Crippen LogP contribution >= 0.6 is 24.0 Å². The quantitative estimate of drug-likeness (QED) is 0.254. The summed E-state index contributed by atoms with van der Waals surface area (Å²) in [5.74, 6) is 0.936. The van der Waals surface area contributed by atoms with Crippen LogP contribution in [0, 0.1) is 0 Å². The number of hydrogen-bond acceptors (Lipinski definition) is 4. The molecular formula is C17H34IN7. The molecule has 2 N–H and O–H groups in total. The van der Waals surface area contributed by atoms with Gasteiger partial charge in [-0.15, -0.1) is 34.2 Å². The summed E-state index contributed by atoms with van der Waals surface area (Å²) in [5, 5.41) is 14.6. The first-order valence-corrected chi connectivity index (χ1v) is 9.33. The number of likely N-dealkylation sites (tertiary alicyclic amines) is 1. The number of nitrogens with one attached hydrogen (secondary N) is 2. The summed E-state index contributed by atoms with van der Waals surface area (Å²) in [5.41, 5.74) is 0. The van der Waals surface area contributed by atoms with Crippen LogP contribution in [0.4, 0.5) is 0 Å². The molecule has 0 aliphatic carbocycles. The maximum atomic E-state index is 4.35. The van der Waals surface area contributed by atoms with Gasteiger partial charge in [0.1, 0.15) is 12.7 Å². The van der Waals surface area contributed by atoms with Gasteiger partial charge in [0.15, 0.2) is 5.96 Å². The zero-order chi connectivity index (χ0) is 17.0. The number of halogens is 1. The van der Waals surface area contributed by atoms with E-state index in [1.807, 2.05) is 11.6 Å². The van der Waals surface area contributed by atoms with Crippen molar-refractivity contribution in [1.82, 2.24) is 30.3 Å². The van der Waals surface area contributed by atoms with Crippen LogP contribution in [0.25, 0.3) is 0 Å². The van der Waals surface area contributed by atoms with E-state index in [0.29, 0.717) is 6.04 Å². The van der Waals surface area contributed by atoms with Crippen molar-refractivity contribution >= 4 is 29.9 Å². The Morgan fingerprint density at radius 3 is 2.48 bits per heavy atom. The normalized spacial score (nSPS) is 16.5. The Balaban J connectivity index is 0.00000312. The minimum atomic E-state index is 0. The molecule has 25 heavy (non-hydrogen) atoms. The first kappa shape index (κ1) is 22.1. The number of hydrogen-bond donors (Lipinski definition) is 2. The summed E-state index contributed by atoms with van der Waals surface area (Å²) in [6.45, 7) is 7.83. The molecule has 2 rings (SSSR count). The zero-order valence-electron chi connectivity index (χ0n) is 15.7. The predicted octanol–water partition coefficient (Wildman–Crippen LogP) is 2.11. The van der Waals surface area contributed by atoms with Gasteiger partial charge in [0, 0.05) is 39.3 Å². The van der Waals surface area contributed by atoms with Crippen molar-refractivity contribution in [1.29, 1.82) is 0 Å². The Kier molecular flexibility index (Phi) is 11.8. The lowest BCUT2D eigenvalue weighted by Crippen LogP contribution is -2.48. The summed E-state index contributed by atoms with van der Waals surface area (Å²) in [4.78, 5) is 6.94. The second-order valence-corrected chi connectivity index (χ2v) is 6.52. The number of aryl methyl sites for hydroxylation is 1. The van der Waals surface area contributed by atoms with Gasteiger partial charge in [0.25, 0.3) is 0 Å². The number of nitrogens with zero attached hydrogens (tertiary/aromatic N) is 5. The molecule has 0 unspecified atom stereocenters. The van der Waals surface area contributed by atoms with Gasteiger partial charge in [-0.25, -0.2) is 0 Å². The second kappa shape index (κ2) is 13.3. The second-order valence-electron chi connectivity index (χ2n) is 6.52. The molecule has 1 aliphatic heterocycles. The Bertz CT molecular complexity index is 456. The Labute approximate surface area is 169 Å². The van der Waals surface area contributed by atoms with Crippen LogP contribution in [-0.4, -0.2) is 64.9 Å². The van der Waals surface area contributed by atoms with E-state index in [9.17, 15) is 0 Å². The number of piperidine rings is 1. The molecule has 0 aromatic carbocycles. The summed E-state index contributed by atoms with van der Waals surface area (Å²) in [6, 6.07) is 0.547. The largest absolute Gasteiger partial charge is 0.356 e. The van der Waals surface area contributed by atoms with E-state index in [2.05, 4.69) is 37.6 Å². The highest BCUT2D eigenvalue weighted by Gasteiger charge is 2.19. The molecule has 2 heterocycles. The first-order valence-electron chi connectivity index (χ1n) is 9.33. The van der Waals surface area contributed by atoms with Gasteiger partial charge in [-0.1, -0.05) is 13.3 Å². The summed E-state index contributed by atoms with van der Waals surface area (Å²) >= 11 is 0. The third-order valence-corrected chi connectivity index (χ3v) is 4.58. The van der Waals surface area contributed by atoms with Crippen LogP contribution in [0.15, 0.2) is 17.6 Å². The van der Waals surface area contributed by atoms with Crippen LogP contribution in [0.3, 0.4) is 0 Å². The van der Waals surface area contributed by atoms with E-state index in [1.54, 1.807) is 12.7 Å². The molecular weight excluding hydrogens is 429 g/mol. The number of guanidine groups is 1. The molecule has 0 bridgehead atoms. The Morgan fingerprint density at radius 2 is 1.84 bits per heavy atom. The fraction of sp³-hybridized carbons (Fsp3) is 0.824. The first-order chi connectivity index (χ1) is 11.8. The smallest absolute Gasteiger partial charge is 0.191 e. The van der Waals surface area contributed by atoms with E-state index < -0.39 is 0 Å². The van der Waals surface area contributed by atoms with E-state index >= 15 is 0 Å². The van der Waals surface area contributed by atoms with Gasteiger partial charge in [-0.05, 0) is 38.6 Å². The Hall–Kier alpha value is -0.900. The molecule has 1 aromatic rings. The molecule has 1 aliphatic rings. The average molecular weight is 463 g/mol. The third-order valence-electron chi connectivity index (χ3n) is 4.58. The van der Waals surface area contributed by atoms with Crippen molar-refractivity contribution in [2.45, 2.75) is 58.0 Å². The van der Waals surface area contributed by atoms with Crippen LogP contribution in [0.2, 0.25) is 0 Å². The lowest BCUT2D eigenvalue weighted by molar-refractivity contribution is 0.203. The molecule has 144 valence electrons. The standard InChI is InChI=1S/C17H33N7.HI/c1-3-4-10-23-12-7-16(8-13-23)22-17(18-2)19-9-5-6-11-24-14-20-21-15-24;/h14-16H,3-13H2,1-2H3,(H2,18,19,22);1H. The van der Waals surface area contributed by atoms with Gasteiger partial charge in [-0.3, -0.25) is 4.99 Å². The number of aromatic nitrogens is 3. The number of aliphatic imine (C=N–C) groups is 1. The van der Waals surface area contributed by atoms with Gasteiger partial charge in [-0.2, -0.15) is 0 Å². The topological polar surface area (TPSA) is 70.4 Å². The van der Waals surface area contributed by atoms with Crippen LogP contribution in [0.5, 0.6) is 0 Å². The predicted molar refractivity (Wildman–Crippen MR) is 114 cm³/mol. The van der Waals surface area contributed by atoms with Crippen molar-refractivity contribution in [3.8, 4) is 0 Å². The van der Waals surface area contributed by atoms with Crippen molar-refractivity contribution in [2.75, 3.05) is 33.2 Å². The highest BCUT2D eigenvalue weighted by atomic mass is 127. The fourth-order valence-corrected chi connectivity index (χ4v) is 3.03. The van der Waals surface area contributed by atoms with Gasteiger partial charge < -0.3 is 20.1 Å². The van der Waals surface area contributed by atoms with Gasteiger partial charge >= 0.3 is 0 Å². The lowest BCUT2D eigenvalue weighted by Gasteiger charge is -2.33. The molecule has 7 nitrogen and oxygen atoms in total. The molecule has 8 heteroatoms. The summed E-state index contributed by atoms with van der Waals surface area (Å²) in [7, 11) is 1.85. The molecule has 1 aromatic heterocycles. The highest BCUT2D eigenvalue weighted by Crippen LogP contribution is 2.11. The number of rotatable bonds is 9. The van der Waals surface area contributed by atoms with Crippen molar-refractivity contribution in [2.24, 2.45) is 4.99 Å². The van der Waals surface area contributed by atoms with Crippen molar-refractivity contribution in [3.63, 3.8) is 0 Å². The van der Waals surface area contributed by atoms with Crippen LogP contribution in [-0.2, 0) is 6.54 Å². The zero-order valence-corrected chi connectivity index (χ0v) is 18.0. The average Bonchev–Trinajstić information content (AvgIpc) is 3.13. The minimum Gasteiger partial charge on any atom is -0.356 e. The van der Waals surface area contributed by atoms with Crippen molar-refractivity contribution < 1.29 is 0 Å². The highest BCUT2D eigenvalue weighted by molar-refractivity contribution is 14.0. The SMILES string of the molecule is CCCCN1CCC(NC(=NC)NCCCCn2cnnc2)CC1.I. The summed E-state index contributed by atoms with van der Waals surface area (Å²) < 4.78 is 2.01. The molecule has 1 saturated heterocycles. The number of unbranched alkanes of at least 4 members (excludes halogenated alkanes) is 2. The molecule has 0 amide bonds. The fourth-order valence-electron chi connectivity index (χ4n) is 3.03. The third kappa shape index (κ3) is 8.84. The van der Waals surface area contributed by atoms with E-state index in [-0.39, 0.29) is 24.0 Å². The van der Waals surface area contributed by atoms with Gasteiger partial charge in [0.2, 0.25) is 0 Å². The molecule has 0 radical (unpaired) electrons. The van der Waals surface area contributed by atoms with E-state index in [1.165, 1.54) is 45.3 Å². The van der Waals surface area contributed by atoms with Gasteiger partial charge in [0.05, 0.1) is 0 Å². The Morgan fingerprint density at radius 1 is 1.12 bits per heavy atom. The molecule has 0 spiro atoms. The molecule has 0 atom stereocenters. The van der Waals surface area contributed by atoms with E-state index in [4.69, 9.17) is 0 Å². The van der Waals surface area contributed by atoms with Crippen molar-refractivity contribution in [3.05, 3.63) is 12.7 Å². The molecule has 1 fully saturated rings. The maximum Gasteiger partial charge on any atom is 0.191 e. The van der Waals surface area contributed by atoms with Crippen LogP contribution < -0.4 is 10.6 Å². The van der Waals surface area contributed by atoms with Crippen LogP contribution in [0.1, 0.15) is 45.4 Å². The molecule has 0 saturated carbocycles.